The molecule has 3 aromatic rings. The first-order valence-electron chi connectivity index (χ1n) is 13.4. The molecule has 1 aliphatic rings. The van der Waals surface area contributed by atoms with Crippen molar-refractivity contribution in [1.29, 1.82) is 0 Å². The molecule has 1 amide bonds. The number of benzene rings is 2. The van der Waals surface area contributed by atoms with E-state index in [1.807, 2.05) is 42.5 Å². The number of carbonyl (C=O) groups is 1. The van der Waals surface area contributed by atoms with Crippen molar-refractivity contribution >= 4 is 34.4 Å². The molecule has 198 valence electrons. The highest BCUT2D eigenvalue weighted by molar-refractivity contribution is 5.90. The minimum Gasteiger partial charge on any atom is -0.465 e. The van der Waals surface area contributed by atoms with Gasteiger partial charge in [-0.25, -0.2) is 9.78 Å². The second kappa shape index (κ2) is 13.2. The topological polar surface area (TPSA) is 106 Å². The van der Waals surface area contributed by atoms with E-state index in [2.05, 4.69) is 45.7 Å². The molecule has 1 aliphatic heterocycles. The van der Waals surface area contributed by atoms with E-state index in [9.17, 15) is 4.79 Å². The number of anilines is 3. The summed E-state index contributed by atoms with van der Waals surface area (Å²) in [4.78, 5) is 25.5. The number of aromatic nitrogens is 2. The van der Waals surface area contributed by atoms with Crippen molar-refractivity contribution < 1.29 is 9.90 Å². The molecule has 0 radical (unpaired) electrons. The van der Waals surface area contributed by atoms with Crippen LogP contribution >= 0.6 is 0 Å². The maximum absolute atomic E-state index is 11.1. The summed E-state index contributed by atoms with van der Waals surface area (Å²) in [5.41, 5.74) is 2.58. The summed E-state index contributed by atoms with van der Waals surface area (Å²) in [5, 5.41) is 19.8. The molecule has 1 aromatic heterocycles. The lowest BCUT2D eigenvalue weighted by Gasteiger charge is -2.33. The number of carboxylic acid groups (broad SMARTS) is 1. The van der Waals surface area contributed by atoms with E-state index in [-0.39, 0.29) is 0 Å². The summed E-state index contributed by atoms with van der Waals surface area (Å²) in [6.45, 7) is 11.0. The van der Waals surface area contributed by atoms with E-state index in [1.165, 1.54) is 0 Å². The predicted molar refractivity (Wildman–Crippen MR) is 150 cm³/mol. The average molecular weight is 506 g/mol. The Labute approximate surface area is 219 Å². The smallest absolute Gasteiger partial charge is 0.409 e. The maximum Gasteiger partial charge on any atom is 0.409 e. The first-order chi connectivity index (χ1) is 18.1. The van der Waals surface area contributed by atoms with Crippen molar-refractivity contribution in [2.24, 2.45) is 0 Å². The predicted octanol–water partition coefficient (Wildman–Crippen LogP) is 4.94. The fourth-order valence-electron chi connectivity index (χ4n) is 4.87. The van der Waals surface area contributed by atoms with Gasteiger partial charge in [0, 0.05) is 43.3 Å². The van der Waals surface area contributed by atoms with Crippen molar-refractivity contribution in [2.75, 3.05) is 55.2 Å². The van der Waals surface area contributed by atoms with Gasteiger partial charge in [0.25, 0.3) is 0 Å². The summed E-state index contributed by atoms with van der Waals surface area (Å²) in [5.74, 6) is 1.55. The van der Waals surface area contributed by atoms with Crippen LogP contribution in [-0.4, -0.2) is 76.3 Å². The largest absolute Gasteiger partial charge is 0.465 e. The third-order valence-corrected chi connectivity index (χ3v) is 7.01. The Kier molecular flexibility index (Phi) is 9.51. The third-order valence-electron chi connectivity index (χ3n) is 7.01. The summed E-state index contributed by atoms with van der Waals surface area (Å²) >= 11 is 0. The molecular formula is C28H39N7O2. The maximum atomic E-state index is 11.1. The summed E-state index contributed by atoms with van der Waals surface area (Å²) in [7, 11) is 0. The molecular weight excluding hydrogens is 466 g/mol. The quantitative estimate of drug-likeness (QED) is 0.257. The molecule has 2 heterocycles. The van der Waals surface area contributed by atoms with Crippen LogP contribution < -0.4 is 16.0 Å². The fourth-order valence-corrected chi connectivity index (χ4v) is 4.87. The van der Waals surface area contributed by atoms with Crippen LogP contribution in [0.1, 0.15) is 38.7 Å². The number of hydrogen-bond donors (Lipinski definition) is 4. The molecule has 0 spiro atoms. The van der Waals surface area contributed by atoms with Crippen LogP contribution in [0.25, 0.3) is 10.9 Å². The van der Waals surface area contributed by atoms with E-state index in [0.29, 0.717) is 17.7 Å². The molecule has 0 unspecified atom stereocenters. The van der Waals surface area contributed by atoms with Gasteiger partial charge in [-0.3, -0.25) is 10.2 Å². The molecule has 4 N–H and O–H groups in total. The van der Waals surface area contributed by atoms with Gasteiger partial charge in [-0.1, -0.05) is 44.2 Å². The number of nitrogens with one attached hydrogen (secondary N) is 3. The van der Waals surface area contributed by atoms with E-state index >= 15 is 0 Å². The Bertz CT molecular complexity index is 1160. The first-order valence-corrected chi connectivity index (χ1v) is 13.4. The summed E-state index contributed by atoms with van der Waals surface area (Å²) < 4.78 is 0. The summed E-state index contributed by atoms with van der Waals surface area (Å²) in [6, 6.07) is 16.1. The highest BCUT2D eigenvalue weighted by atomic mass is 16.4. The van der Waals surface area contributed by atoms with Crippen LogP contribution in [0.3, 0.4) is 0 Å². The van der Waals surface area contributed by atoms with Gasteiger partial charge >= 0.3 is 6.09 Å². The lowest BCUT2D eigenvalue weighted by atomic mass is 10.0. The van der Waals surface area contributed by atoms with Gasteiger partial charge < -0.3 is 20.6 Å². The third kappa shape index (κ3) is 7.53. The number of para-hydroxylation sites is 2. The zero-order valence-electron chi connectivity index (χ0n) is 21.9. The second-order valence-electron chi connectivity index (χ2n) is 9.50. The second-order valence-corrected chi connectivity index (χ2v) is 9.50. The molecule has 1 saturated heterocycles. The van der Waals surface area contributed by atoms with E-state index in [1.54, 1.807) is 0 Å². The van der Waals surface area contributed by atoms with Gasteiger partial charge in [0.05, 0.1) is 5.52 Å². The Hall–Kier alpha value is -3.43. The van der Waals surface area contributed by atoms with Gasteiger partial charge in [0.2, 0.25) is 5.95 Å². The molecule has 0 aliphatic carbocycles. The van der Waals surface area contributed by atoms with Crippen LogP contribution in [0, 0.1) is 0 Å². The van der Waals surface area contributed by atoms with E-state index in [4.69, 9.17) is 15.1 Å². The fraction of sp³-hybridized carbons (Fsp3) is 0.464. The Morgan fingerprint density at radius 1 is 1.05 bits per heavy atom. The Balaban J connectivity index is 1.36. The molecule has 1 fully saturated rings. The van der Waals surface area contributed by atoms with Crippen molar-refractivity contribution in [3.8, 4) is 0 Å². The highest BCUT2D eigenvalue weighted by Crippen LogP contribution is 2.26. The molecule has 0 bridgehead atoms. The molecule has 0 saturated carbocycles. The van der Waals surface area contributed by atoms with E-state index < -0.39 is 6.09 Å². The number of piperidine rings is 1. The van der Waals surface area contributed by atoms with Crippen molar-refractivity contribution in [2.45, 2.75) is 45.7 Å². The van der Waals surface area contributed by atoms with Gasteiger partial charge in [-0.2, -0.15) is 4.98 Å². The lowest BCUT2D eigenvalue weighted by Crippen LogP contribution is -2.39. The number of fused-ring (bicyclic) bond motifs is 1. The normalized spacial score (nSPS) is 14.7. The van der Waals surface area contributed by atoms with Crippen LogP contribution in [0.15, 0.2) is 48.5 Å². The molecule has 9 nitrogen and oxygen atoms in total. The van der Waals surface area contributed by atoms with Crippen molar-refractivity contribution in [3.63, 3.8) is 0 Å². The van der Waals surface area contributed by atoms with Crippen LogP contribution in [0.5, 0.6) is 0 Å². The van der Waals surface area contributed by atoms with E-state index in [0.717, 1.165) is 87.4 Å². The van der Waals surface area contributed by atoms with Crippen LogP contribution in [0.4, 0.5) is 22.2 Å². The van der Waals surface area contributed by atoms with Gasteiger partial charge in [0.15, 0.2) is 0 Å². The van der Waals surface area contributed by atoms with Crippen LogP contribution in [0.2, 0.25) is 0 Å². The summed E-state index contributed by atoms with van der Waals surface area (Å²) in [6.07, 6.45) is 1.98. The Morgan fingerprint density at radius 2 is 1.78 bits per heavy atom. The van der Waals surface area contributed by atoms with Crippen molar-refractivity contribution in [1.82, 2.24) is 19.8 Å². The molecule has 0 atom stereocenters. The van der Waals surface area contributed by atoms with Crippen molar-refractivity contribution in [3.05, 3.63) is 54.1 Å². The minimum absolute atomic E-state index is 0.317. The number of hydrogen-bond acceptors (Lipinski definition) is 7. The number of nitrogens with zero attached hydrogens (tertiary/aromatic N) is 4. The lowest BCUT2D eigenvalue weighted by molar-refractivity contribution is 0.208. The number of amides is 1. The molecule has 37 heavy (non-hydrogen) atoms. The molecule has 2 aromatic carbocycles. The Morgan fingerprint density at radius 3 is 2.54 bits per heavy atom. The SMILES string of the molecule is CCN(CC)CCCNc1nc(NC2CCN(Cc3ccccc3NC(=O)O)CC2)c2ccccc2n1. The zero-order chi connectivity index (χ0) is 26.0. The van der Waals surface area contributed by atoms with Gasteiger partial charge in [0.1, 0.15) is 5.82 Å². The standard InChI is InChI=1S/C28H39N7O2/c1-3-34(4-2)17-9-16-29-27-31-25-13-8-6-11-23(25)26(33-27)30-22-14-18-35(19-15-22)20-21-10-5-7-12-24(21)32-28(36)37/h5-8,10-13,22,32H,3-4,9,14-20H2,1-2H3,(H,36,37)(H2,29,30,31,33). The molecule has 9 heteroatoms. The van der Waals surface area contributed by atoms with Crippen LogP contribution in [-0.2, 0) is 6.54 Å². The minimum atomic E-state index is -1.04. The number of likely N-dealkylation sites (tertiary alicyclic amines) is 1. The monoisotopic (exact) mass is 505 g/mol. The van der Waals surface area contributed by atoms with Gasteiger partial charge in [-0.05, 0) is 62.7 Å². The highest BCUT2D eigenvalue weighted by Gasteiger charge is 2.21. The zero-order valence-corrected chi connectivity index (χ0v) is 21.9. The van der Waals surface area contributed by atoms with Gasteiger partial charge in [-0.15, -0.1) is 0 Å². The molecule has 4 rings (SSSR count). The first kappa shape index (κ1) is 26.6. The number of rotatable bonds is 12. The average Bonchev–Trinajstić information content (AvgIpc) is 2.91.